The van der Waals surface area contributed by atoms with E-state index in [9.17, 15) is 9.90 Å². The minimum Gasteiger partial charge on any atom is -0.385 e. The number of nitrogens with zero attached hydrogens (tertiary/aromatic N) is 6. The Hall–Kier alpha value is -3.46. The number of rotatable bonds is 5. The van der Waals surface area contributed by atoms with Crippen molar-refractivity contribution in [3.8, 4) is 0 Å². The summed E-state index contributed by atoms with van der Waals surface area (Å²) in [6, 6.07) is 19.6. The summed E-state index contributed by atoms with van der Waals surface area (Å²) in [6.45, 7) is 5.39. The van der Waals surface area contributed by atoms with Crippen LogP contribution in [0.2, 0.25) is 5.02 Å². The van der Waals surface area contributed by atoms with Crippen molar-refractivity contribution in [3.63, 3.8) is 0 Å². The maximum atomic E-state index is 13.5. The van der Waals surface area contributed by atoms with Crippen molar-refractivity contribution in [2.24, 2.45) is 5.41 Å². The van der Waals surface area contributed by atoms with E-state index in [1.165, 1.54) is 19.3 Å². The minimum absolute atomic E-state index is 0.142. The number of aliphatic hydroxyl groups is 1. The van der Waals surface area contributed by atoms with Gasteiger partial charge in [0.05, 0.1) is 11.3 Å². The lowest BCUT2D eigenvalue weighted by molar-refractivity contribution is 0.0118. The van der Waals surface area contributed by atoms with Crippen molar-refractivity contribution in [2.75, 3.05) is 51.2 Å². The number of carbonyl (C=O) groups is 1. The van der Waals surface area contributed by atoms with Crippen LogP contribution in [-0.4, -0.2) is 81.7 Å². The van der Waals surface area contributed by atoms with Crippen LogP contribution in [0, 0.1) is 5.41 Å². The summed E-state index contributed by atoms with van der Waals surface area (Å²) in [4.78, 5) is 25.2. The Morgan fingerprint density at radius 1 is 0.909 bits per heavy atom. The summed E-state index contributed by atoms with van der Waals surface area (Å²) in [6.07, 6.45) is 8.51. The molecule has 230 valence electrons. The molecular formula is C35H41ClN6O2. The van der Waals surface area contributed by atoms with E-state index in [-0.39, 0.29) is 11.3 Å². The minimum atomic E-state index is -0.861. The van der Waals surface area contributed by atoms with Crippen LogP contribution in [0.4, 0.5) is 5.69 Å². The van der Waals surface area contributed by atoms with E-state index >= 15 is 0 Å². The lowest BCUT2D eigenvalue weighted by Gasteiger charge is -2.47. The second-order valence-corrected chi connectivity index (χ2v) is 13.7. The van der Waals surface area contributed by atoms with E-state index < -0.39 is 5.60 Å². The van der Waals surface area contributed by atoms with E-state index in [1.807, 2.05) is 65.3 Å². The molecule has 1 atom stereocenters. The predicted molar refractivity (Wildman–Crippen MR) is 173 cm³/mol. The van der Waals surface area contributed by atoms with Gasteiger partial charge in [0.1, 0.15) is 0 Å². The number of anilines is 1. The average molecular weight is 613 g/mol. The number of hydrogen-bond donors (Lipinski definition) is 1. The van der Waals surface area contributed by atoms with Gasteiger partial charge in [-0.3, -0.25) is 4.79 Å². The topological polar surface area (TPSA) is 77.2 Å². The van der Waals surface area contributed by atoms with Crippen LogP contribution in [0.3, 0.4) is 0 Å². The molecule has 1 N–H and O–H groups in total. The molecule has 1 spiro atoms. The van der Waals surface area contributed by atoms with Gasteiger partial charge in [0, 0.05) is 61.3 Å². The first-order valence-corrected chi connectivity index (χ1v) is 16.3. The van der Waals surface area contributed by atoms with Crippen molar-refractivity contribution in [2.45, 2.75) is 50.5 Å². The Morgan fingerprint density at radius 3 is 2.36 bits per heavy atom. The van der Waals surface area contributed by atoms with Crippen LogP contribution in [0.15, 0.2) is 66.9 Å². The number of aromatic nitrogens is 3. The summed E-state index contributed by atoms with van der Waals surface area (Å²) >= 11 is 6.06. The highest BCUT2D eigenvalue weighted by Gasteiger charge is 2.40. The van der Waals surface area contributed by atoms with E-state index in [2.05, 4.69) is 27.8 Å². The van der Waals surface area contributed by atoms with Crippen LogP contribution in [0.1, 0.15) is 65.8 Å². The van der Waals surface area contributed by atoms with E-state index in [4.69, 9.17) is 21.7 Å². The van der Waals surface area contributed by atoms with Crippen LogP contribution in [-0.2, 0) is 12.0 Å². The van der Waals surface area contributed by atoms with Gasteiger partial charge < -0.3 is 19.8 Å². The number of pyridine rings is 1. The van der Waals surface area contributed by atoms with Gasteiger partial charge >= 0.3 is 0 Å². The van der Waals surface area contributed by atoms with Gasteiger partial charge in [-0.2, -0.15) is 5.10 Å². The van der Waals surface area contributed by atoms with Crippen LogP contribution < -0.4 is 4.90 Å². The molecule has 3 aliphatic rings. The van der Waals surface area contributed by atoms with Gasteiger partial charge in [0.15, 0.2) is 11.5 Å². The van der Waals surface area contributed by atoms with Gasteiger partial charge in [-0.05, 0) is 99.6 Å². The number of hydrogen-bond acceptors (Lipinski definition) is 6. The molecule has 2 aromatic heterocycles. The summed E-state index contributed by atoms with van der Waals surface area (Å²) in [7, 11) is 2.20. The van der Waals surface area contributed by atoms with Crippen molar-refractivity contribution >= 4 is 28.8 Å². The highest BCUT2D eigenvalue weighted by atomic mass is 35.5. The second-order valence-electron chi connectivity index (χ2n) is 13.3. The van der Waals surface area contributed by atoms with Crippen LogP contribution in [0.25, 0.3) is 5.65 Å². The molecule has 3 fully saturated rings. The Balaban J connectivity index is 1.01. The van der Waals surface area contributed by atoms with Gasteiger partial charge in [0.2, 0.25) is 0 Å². The van der Waals surface area contributed by atoms with Gasteiger partial charge in [-0.15, -0.1) is 0 Å². The lowest BCUT2D eigenvalue weighted by Crippen LogP contribution is -2.52. The maximum absolute atomic E-state index is 13.5. The molecule has 3 saturated heterocycles. The third-order valence-electron chi connectivity index (χ3n) is 10.1. The van der Waals surface area contributed by atoms with Gasteiger partial charge in [0.25, 0.3) is 5.91 Å². The van der Waals surface area contributed by atoms with E-state index in [1.54, 1.807) is 0 Å². The molecule has 0 radical (unpaired) electrons. The first kappa shape index (κ1) is 29.3. The summed E-state index contributed by atoms with van der Waals surface area (Å²) in [5.74, 6) is 0.884. The number of benzene rings is 2. The molecule has 4 aromatic rings. The highest BCUT2D eigenvalue weighted by molar-refractivity contribution is 6.30. The normalized spacial score (nSPS) is 22.5. The number of fused-ring (bicyclic) bond motifs is 1. The third-order valence-corrected chi connectivity index (χ3v) is 10.3. The van der Waals surface area contributed by atoms with Gasteiger partial charge in [-0.1, -0.05) is 35.9 Å². The Kier molecular flexibility index (Phi) is 7.85. The van der Waals surface area contributed by atoms with Crippen LogP contribution in [0.5, 0.6) is 0 Å². The first-order valence-electron chi connectivity index (χ1n) is 15.9. The monoisotopic (exact) mass is 612 g/mol. The van der Waals surface area contributed by atoms with Crippen molar-refractivity contribution in [1.29, 1.82) is 0 Å². The van der Waals surface area contributed by atoms with Gasteiger partial charge in [-0.25, -0.2) is 9.50 Å². The molecular weight excluding hydrogens is 572 g/mol. The molecule has 2 aromatic carbocycles. The first-order chi connectivity index (χ1) is 21.3. The maximum Gasteiger partial charge on any atom is 0.253 e. The number of amides is 1. The Morgan fingerprint density at radius 2 is 1.64 bits per heavy atom. The quantitative estimate of drug-likeness (QED) is 0.325. The van der Waals surface area contributed by atoms with Crippen molar-refractivity contribution in [3.05, 3.63) is 94.4 Å². The molecule has 1 amide bonds. The molecule has 0 saturated carbocycles. The Bertz CT molecular complexity index is 1630. The lowest BCUT2D eigenvalue weighted by atomic mass is 9.74. The largest absolute Gasteiger partial charge is 0.385 e. The number of piperidine rings is 3. The summed E-state index contributed by atoms with van der Waals surface area (Å²) < 4.78 is 1.84. The molecule has 0 aliphatic carbocycles. The zero-order chi connectivity index (χ0) is 30.3. The standard InChI is InChI=1S/C35H41ClN6O2/c1-39-18-3-14-34(24-39)15-4-19-41(25-34)33(43)27-8-6-26(7-9-27)23-31-37-32-30(5-2-20-42(32)38-31)40-21-16-35(44,17-22-40)28-10-12-29(36)13-11-28/h2,5-13,20,44H,3-4,14-19,21-25H2,1H3. The van der Waals surface area contributed by atoms with Crippen LogP contribution >= 0.6 is 11.6 Å². The molecule has 44 heavy (non-hydrogen) atoms. The SMILES string of the molecule is CN1CCCC2(CCCN(C(=O)c3ccc(Cc4nc5c(N6CCC(O)(c7ccc(Cl)cc7)CC6)cccn5n4)cc3)C2)C1. The molecule has 8 nitrogen and oxygen atoms in total. The molecule has 1 unspecified atom stereocenters. The number of halogens is 1. The fourth-order valence-corrected chi connectivity index (χ4v) is 7.85. The predicted octanol–water partition coefficient (Wildman–Crippen LogP) is 5.41. The molecule has 5 heterocycles. The second kappa shape index (κ2) is 11.8. The zero-order valence-corrected chi connectivity index (χ0v) is 26.2. The summed E-state index contributed by atoms with van der Waals surface area (Å²) in [5.41, 5.74) is 3.97. The zero-order valence-electron chi connectivity index (χ0n) is 25.5. The molecule has 3 aliphatic heterocycles. The molecule has 7 rings (SSSR count). The number of carbonyl (C=O) groups excluding carboxylic acids is 1. The smallest absolute Gasteiger partial charge is 0.253 e. The third kappa shape index (κ3) is 5.83. The van der Waals surface area contributed by atoms with E-state index in [0.29, 0.717) is 37.4 Å². The molecule has 9 heteroatoms. The van der Waals surface area contributed by atoms with E-state index in [0.717, 1.165) is 66.4 Å². The van der Waals surface area contributed by atoms with Crippen molar-refractivity contribution < 1.29 is 9.90 Å². The summed E-state index contributed by atoms with van der Waals surface area (Å²) in [5, 5.41) is 16.8. The Labute approximate surface area is 264 Å². The fourth-order valence-electron chi connectivity index (χ4n) is 7.72. The van der Waals surface area contributed by atoms with Crippen molar-refractivity contribution in [1.82, 2.24) is 24.4 Å². The number of likely N-dealkylation sites (tertiary alicyclic amines) is 2. The highest BCUT2D eigenvalue weighted by Crippen LogP contribution is 2.39. The fraction of sp³-hybridized carbons (Fsp3) is 0.457. The molecule has 0 bridgehead atoms. The average Bonchev–Trinajstić information content (AvgIpc) is 3.44.